The van der Waals surface area contributed by atoms with Crippen LogP contribution in [0, 0.1) is 0 Å². The quantitative estimate of drug-likeness (QED) is 0.704. The molecule has 2 aromatic rings. The van der Waals surface area contributed by atoms with Gasteiger partial charge in [-0.25, -0.2) is 0 Å². The van der Waals surface area contributed by atoms with Crippen molar-refractivity contribution in [1.29, 1.82) is 0 Å². The lowest BCUT2D eigenvalue weighted by Crippen LogP contribution is -2.24. The molecule has 5 nitrogen and oxygen atoms in total. The van der Waals surface area contributed by atoms with Crippen LogP contribution in [-0.4, -0.2) is 25.2 Å². The van der Waals surface area contributed by atoms with Crippen LogP contribution in [0.4, 0.5) is 0 Å². The van der Waals surface area contributed by atoms with Gasteiger partial charge in [-0.15, -0.1) is 10.2 Å². The summed E-state index contributed by atoms with van der Waals surface area (Å²) in [5.41, 5.74) is 0.591. The van der Waals surface area contributed by atoms with Crippen molar-refractivity contribution in [3.63, 3.8) is 0 Å². The summed E-state index contributed by atoms with van der Waals surface area (Å²) >= 11 is 0. The predicted octanol–water partition coefficient (Wildman–Crippen LogP) is 1.49. The summed E-state index contributed by atoms with van der Waals surface area (Å²) < 4.78 is 0. The van der Waals surface area contributed by atoms with Crippen molar-refractivity contribution in [2.24, 2.45) is 0 Å². The first kappa shape index (κ1) is 9.76. The van der Waals surface area contributed by atoms with Crippen molar-refractivity contribution >= 4 is 0 Å². The minimum atomic E-state index is -0.153. The Balaban J connectivity index is 2.37. The lowest BCUT2D eigenvalue weighted by Gasteiger charge is -2.15. The van der Waals surface area contributed by atoms with E-state index in [9.17, 15) is 0 Å². The first-order chi connectivity index (χ1) is 7.07. The largest absolute Gasteiger partial charge is 0.253 e. The summed E-state index contributed by atoms with van der Waals surface area (Å²) in [5.74, 6) is 0.561. The summed E-state index contributed by atoms with van der Waals surface area (Å²) in [6.45, 7) is 6.07. The average molecular weight is 203 g/mol. The molecule has 0 radical (unpaired) electrons. The Morgan fingerprint density at radius 1 is 1.20 bits per heavy atom. The molecule has 5 heteroatoms. The highest BCUT2D eigenvalue weighted by Gasteiger charge is 2.17. The third kappa shape index (κ3) is 2.01. The van der Waals surface area contributed by atoms with Crippen LogP contribution in [0.3, 0.4) is 0 Å². The second-order valence-electron chi connectivity index (χ2n) is 4.29. The number of hydrogen-bond donors (Lipinski definition) is 0. The van der Waals surface area contributed by atoms with Gasteiger partial charge in [0, 0.05) is 6.20 Å². The number of nitrogens with zero attached hydrogens (tertiary/aromatic N) is 5. The molecule has 0 saturated carbocycles. The van der Waals surface area contributed by atoms with Crippen molar-refractivity contribution in [3.8, 4) is 11.5 Å². The molecule has 0 spiro atoms. The summed E-state index contributed by atoms with van der Waals surface area (Å²) in [4.78, 5) is 5.76. The van der Waals surface area contributed by atoms with E-state index in [1.54, 1.807) is 11.0 Å². The van der Waals surface area contributed by atoms with E-state index in [4.69, 9.17) is 0 Å². The van der Waals surface area contributed by atoms with Crippen LogP contribution >= 0.6 is 0 Å². The van der Waals surface area contributed by atoms with Gasteiger partial charge < -0.3 is 0 Å². The van der Waals surface area contributed by atoms with E-state index in [0.717, 1.165) is 5.69 Å². The highest BCUT2D eigenvalue weighted by Crippen LogP contribution is 2.13. The Kier molecular flexibility index (Phi) is 2.22. The van der Waals surface area contributed by atoms with Gasteiger partial charge in [0.1, 0.15) is 5.69 Å². The van der Waals surface area contributed by atoms with Gasteiger partial charge in [-0.3, -0.25) is 4.98 Å². The van der Waals surface area contributed by atoms with E-state index in [1.807, 2.05) is 39.0 Å². The maximum Gasteiger partial charge on any atom is 0.223 e. The Morgan fingerprint density at radius 2 is 2.00 bits per heavy atom. The lowest BCUT2D eigenvalue weighted by atomic mass is 10.1. The maximum atomic E-state index is 4.28. The van der Waals surface area contributed by atoms with Gasteiger partial charge in [0.2, 0.25) is 5.82 Å². The second kappa shape index (κ2) is 3.42. The van der Waals surface area contributed by atoms with Crippen LogP contribution in [0.25, 0.3) is 11.5 Å². The summed E-state index contributed by atoms with van der Waals surface area (Å²) in [6, 6.07) is 5.63. The molecule has 0 amide bonds. The number of pyridine rings is 1. The summed E-state index contributed by atoms with van der Waals surface area (Å²) in [5, 5.41) is 12.3. The normalized spacial score (nSPS) is 11.7. The van der Waals surface area contributed by atoms with Crippen LogP contribution in [0.2, 0.25) is 0 Å². The molecule has 2 rings (SSSR count). The molecule has 15 heavy (non-hydrogen) atoms. The zero-order valence-electron chi connectivity index (χ0n) is 9.05. The van der Waals surface area contributed by atoms with Crippen LogP contribution in [-0.2, 0) is 5.54 Å². The molecule has 0 aliphatic rings. The molecule has 0 aliphatic heterocycles. The molecule has 0 N–H and O–H groups in total. The molecule has 0 saturated heterocycles. The van der Waals surface area contributed by atoms with E-state index in [1.165, 1.54) is 0 Å². The van der Waals surface area contributed by atoms with Crippen molar-refractivity contribution < 1.29 is 0 Å². The number of tetrazole rings is 1. The number of rotatable bonds is 1. The smallest absolute Gasteiger partial charge is 0.223 e. The van der Waals surface area contributed by atoms with Crippen molar-refractivity contribution in [1.82, 2.24) is 25.2 Å². The standard InChI is InChI=1S/C10H13N5/c1-10(2,3)15-13-9(12-14-15)8-6-4-5-7-11-8/h4-7H,1-3H3. The lowest BCUT2D eigenvalue weighted by molar-refractivity contribution is 0.306. The Labute approximate surface area is 88.2 Å². The topological polar surface area (TPSA) is 56.5 Å². The van der Waals surface area contributed by atoms with Gasteiger partial charge >= 0.3 is 0 Å². The fourth-order valence-electron chi connectivity index (χ4n) is 1.10. The van der Waals surface area contributed by atoms with Gasteiger partial charge in [-0.05, 0) is 38.1 Å². The Morgan fingerprint density at radius 3 is 2.53 bits per heavy atom. The summed E-state index contributed by atoms with van der Waals surface area (Å²) in [7, 11) is 0. The van der Waals surface area contributed by atoms with Gasteiger partial charge in [0.05, 0.1) is 5.54 Å². The van der Waals surface area contributed by atoms with Crippen molar-refractivity contribution in [2.45, 2.75) is 26.3 Å². The third-order valence-electron chi connectivity index (χ3n) is 1.91. The van der Waals surface area contributed by atoms with E-state index < -0.39 is 0 Å². The SMILES string of the molecule is CC(C)(C)n1nnc(-c2ccccn2)n1. The number of aromatic nitrogens is 5. The van der Waals surface area contributed by atoms with Crippen LogP contribution in [0.15, 0.2) is 24.4 Å². The Hall–Kier alpha value is -1.78. The molecule has 0 aromatic carbocycles. The number of hydrogen-bond acceptors (Lipinski definition) is 4. The van der Waals surface area contributed by atoms with Crippen molar-refractivity contribution in [3.05, 3.63) is 24.4 Å². The van der Waals surface area contributed by atoms with E-state index in [-0.39, 0.29) is 5.54 Å². The highest BCUT2D eigenvalue weighted by molar-refractivity contribution is 5.46. The van der Waals surface area contributed by atoms with Gasteiger partial charge in [-0.2, -0.15) is 4.80 Å². The van der Waals surface area contributed by atoms with Crippen molar-refractivity contribution in [2.75, 3.05) is 0 Å². The predicted molar refractivity (Wildman–Crippen MR) is 56.0 cm³/mol. The molecule has 0 unspecified atom stereocenters. The van der Waals surface area contributed by atoms with Gasteiger partial charge in [0.15, 0.2) is 0 Å². The minimum absolute atomic E-state index is 0.153. The van der Waals surface area contributed by atoms with E-state index in [2.05, 4.69) is 20.4 Å². The molecule has 0 atom stereocenters. The van der Waals surface area contributed by atoms with E-state index >= 15 is 0 Å². The van der Waals surface area contributed by atoms with Gasteiger partial charge in [-0.1, -0.05) is 6.07 Å². The zero-order valence-corrected chi connectivity index (χ0v) is 9.05. The fraction of sp³-hybridized carbons (Fsp3) is 0.400. The monoisotopic (exact) mass is 203 g/mol. The van der Waals surface area contributed by atoms with E-state index in [0.29, 0.717) is 5.82 Å². The summed E-state index contributed by atoms with van der Waals surface area (Å²) in [6.07, 6.45) is 1.72. The molecule has 2 heterocycles. The molecule has 0 fully saturated rings. The van der Waals surface area contributed by atoms with Crippen LogP contribution < -0.4 is 0 Å². The molecule has 0 bridgehead atoms. The third-order valence-corrected chi connectivity index (χ3v) is 1.91. The van der Waals surface area contributed by atoms with Crippen LogP contribution in [0.5, 0.6) is 0 Å². The Bertz CT molecular complexity index is 440. The first-order valence-electron chi connectivity index (χ1n) is 4.79. The van der Waals surface area contributed by atoms with Gasteiger partial charge in [0.25, 0.3) is 0 Å². The maximum absolute atomic E-state index is 4.28. The highest BCUT2D eigenvalue weighted by atomic mass is 15.6. The molecular weight excluding hydrogens is 190 g/mol. The molecule has 0 aliphatic carbocycles. The second-order valence-corrected chi connectivity index (χ2v) is 4.29. The molecule has 2 aromatic heterocycles. The molecule has 78 valence electrons. The van der Waals surface area contributed by atoms with Crippen LogP contribution in [0.1, 0.15) is 20.8 Å². The zero-order chi connectivity index (χ0) is 10.9. The average Bonchev–Trinajstić information content (AvgIpc) is 2.67. The fourth-order valence-corrected chi connectivity index (χ4v) is 1.10. The first-order valence-corrected chi connectivity index (χ1v) is 4.79. The minimum Gasteiger partial charge on any atom is -0.253 e. The molecular formula is C10H13N5.